The quantitative estimate of drug-likeness (QED) is 0.659. The van der Waals surface area contributed by atoms with Gasteiger partial charge in [-0.15, -0.1) is 11.6 Å². The molecule has 0 aliphatic heterocycles. The van der Waals surface area contributed by atoms with Crippen molar-refractivity contribution in [2.75, 3.05) is 6.54 Å². The third-order valence-electron chi connectivity index (χ3n) is 2.23. The SMILES string of the molecule is CC1(C(=O)O)C=C(CN)C=CC1Cl. The zero-order valence-corrected chi connectivity index (χ0v) is 8.08. The summed E-state index contributed by atoms with van der Waals surface area (Å²) in [4.78, 5) is 10.9. The molecule has 1 aliphatic carbocycles. The number of aliphatic carboxylic acids is 1. The number of hydrogen-bond acceptors (Lipinski definition) is 2. The fourth-order valence-corrected chi connectivity index (χ4v) is 1.46. The number of carboxylic acid groups (broad SMARTS) is 1. The van der Waals surface area contributed by atoms with Gasteiger partial charge in [0.25, 0.3) is 0 Å². The third kappa shape index (κ3) is 1.76. The van der Waals surface area contributed by atoms with Gasteiger partial charge >= 0.3 is 5.97 Å². The van der Waals surface area contributed by atoms with E-state index in [1.54, 1.807) is 25.2 Å². The van der Waals surface area contributed by atoms with E-state index >= 15 is 0 Å². The number of rotatable bonds is 2. The molecule has 3 nitrogen and oxygen atoms in total. The van der Waals surface area contributed by atoms with Gasteiger partial charge in [-0.2, -0.15) is 0 Å². The Bertz CT molecular complexity index is 285. The zero-order chi connectivity index (χ0) is 10.1. The van der Waals surface area contributed by atoms with Crippen LogP contribution in [0.2, 0.25) is 0 Å². The van der Waals surface area contributed by atoms with Gasteiger partial charge in [0.1, 0.15) is 5.41 Å². The molecule has 0 saturated carbocycles. The molecule has 72 valence electrons. The lowest BCUT2D eigenvalue weighted by Crippen LogP contribution is -2.36. The maximum absolute atomic E-state index is 10.9. The van der Waals surface area contributed by atoms with Crippen LogP contribution in [0.3, 0.4) is 0 Å². The molecule has 13 heavy (non-hydrogen) atoms. The molecule has 0 saturated heterocycles. The first kappa shape index (κ1) is 10.3. The predicted molar refractivity (Wildman–Crippen MR) is 51.7 cm³/mol. The van der Waals surface area contributed by atoms with Gasteiger partial charge in [0.2, 0.25) is 0 Å². The van der Waals surface area contributed by atoms with Crippen LogP contribution in [0.4, 0.5) is 0 Å². The number of carbonyl (C=O) groups is 1. The van der Waals surface area contributed by atoms with Crippen LogP contribution in [-0.2, 0) is 4.79 Å². The van der Waals surface area contributed by atoms with Crippen molar-refractivity contribution in [1.29, 1.82) is 0 Å². The van der Waals surface area contributed by atoms with Crippen molar-refractivity contribution in [2.24, 2.45) is 11.1 Å². The van der Waals surface area contributed by atoms with Gasteiger partial charge in [0, 0.05) is 6.54 Å². The molecule has 1 aliphatic rings. The standard InChI is InChI=1S/C9H12ClNO2/c1-9(8(12)13)4-6(5-11)2-3-7(9)10/h2-4,7H,5,11H2,1H3,(H,12,13). The first-order valence-corrected chi connectivity index (χ1v) is 4.42. The predicted octanol–water partition coefficient (Wildman–Crippen LogP) is 1.14. The van der Waals surface area contributed by atoms with Crippen LogP contribution in [0, 0.1) is 5.41 Å². The van der Waals surface area contributed by atoms with Crippen molar-refractivity contribution in [3.8, 4) is 0 Å². The summed E-state index contributed by atoms with van der Waals surface area (Å²) in [5.41, 5.74) is 5.18. The summed E-state index contributed by atoms with van der Waals surface area (Å²) in [5.74, 6) is -0.928. The second kappa shape index (κ2) is 3.52. The smallest absolute Gasteiger partial charge is 0.315 e. The first-order chi connectivity index (χ1) is 6.00. The summed E-state index contributed by atoms with van der Waals surface area (Å²) in [6, 6.07) is 0. The largest absolute Gasteiger partial charge is 0.481 e. The second-order valence-corrected chi connectivity index (χ2v) is 3.74. The molecule has 2 atom stereocenters. The van der Waals surface area contributed by atoms with Gasteiger partial charge < -0.3 is 10.8 Å². The minimum Gasteiger partial charge on any atom is -0.481 e. The molecule has 0 spiro atoms. The van der Waals surface area contributed by atoms with Gasteiger partial charge in [-0.3, -0.25) is 4.79 Å². The highest BCUT2D eigenvalue weighted by Crippen LogP contribution is 2.33. The highest BCUT2D eigenvalue weighted by molar-refractivity contribution is 6.24. The summed E-state index contributed by atoms with van der Waals surface area (Å²) in [6.07, 6.45) is 5.05. The number of nitrogens with two attached hydrogens (primary N) is 1. The monoisotopic (exact) mass is 201 g/mol. The number of hydrogen-bond donors (Lipinski definition) is 2. The first-order valence-electron chi connectivity index (χ1n) is 3.98. The number of carboxylic acids is 1. The van der Waals surface area contributed by atoms with E-state index in [1.807, 2.05) is 0 Å². The Morgan fingerprint density at radius 3 is 2.92 bits per heavy atom. The second-order valence-electron chi connectivity index (χ2n) is 3.27. The molecule has 4 heteroatoms. The molecule has 0 fully saturated rings. The van der Waals surface area contributed by atoms with Crippen molar-refractivity contribution < 1.29 is 9.90 Å². The third-order valence-corrected chi connectivity index (χ3v) is 2.83. The molecular formula is C9H12ClNO2. The fourth-order valence-electron chi connectivity index (χ4n) is 1.23. The van der Waals surface area contributed by atoms with Crippen LogP contribution in [0.15, 0.2) is 23.8 Å². The van der Waals surface area contributed by atoms with Crippen molar-refractivity contribution in [3.05, 3.63) is 23.8 Å². The van der Waals surface area contributed by atoms with Crippen molar-refractivity contribution >= 4 is 17.6 Å². The van der Waals surface area contributed by atoms with E-state index < -0.39 is 16.8 Å². The zero-order valence-electron chi connectivity index (χ0n) is 7.33. The van der Waals surface area contributed by atoms with Crippen LogP contribution < -0.4 is 5.73 Å². The summed E-state index contributed by atoms with van der Waals surface area (Å²) in [7, 11) is 0. The topological polar surface area (TPSA) is 63.3 Å². The van der Waals surface area contributed by atoms with E-state index in [-0.39, 0.29) is 0 Å². The van der Waals surface area contributed by atoms with E-state index in [1.165, 1.54) is 0 Å². The molecule has 0 radical (unpaired) electrons. The van der Waals surface area contributed by atoms with E-state index in [0.29, 0.717) is 6.54 Å². The van der Waals surface area contributed by atoms with Gasteiger partial charge in [-0.05, 0) is 12.5 Å². The molecule has 0 aromatic carbocycles. The van der Waals surface area contributed by atoms with Crippen LogP contribution in [-0.4, -0.2) is 23.0 Å². The lowest BCUT2D eigenvalue weighted by molar-refractivity contribution is -0.144. The maximum Gasteiger partial charge on any atom is 0.315 e. The Morgan fingerprint density at radius 1 is 1.85 bits per heavy atom. The highest BCUT2D eigenvalue weighted by Gasteiger charge is 2.39. The molecule has 0 aromatic heterocycles. The van der Waals surface area contributed by atoms with Gasteiger partial charge in [-0.25, -0.2) is 0 Å². The minimum absolute atomic E-state index is 0.336. The molecular weight excluding hydrogens is 190 g/mol. The molecule has 0 heterocycles. The van der Waals surface area contributed by atoms with Crippen LogP contribution in [0.25, 0.3) is 0 Å². The van der Waals surface area contributed by atoms with Crippen LogP contribution >= 0.6 is 11.6 Å². The molecule has 2 unspecified atom stereocenters. The number of allylic oxidation sites excluding steroid dienone is 1. The number of halogens is 1. The normalized spacial score (nSPS) is 32.8. The van der Waals surface area contributed by atoms with Crippen molar-refractivity contribution in [2.45, 2.75) is 12.3 Å². The van der Waals surface area contributed by atoms with Crippen LogP contribution in [0.5, 0.6) is 0 Å². The Kier molecular flexibility index (Phi) is 2.78. The van der Waals surface area contributed by atoms with Crippen molar-refractivity contribution in [1.82, 2.24) is 0 Å². The Morgan fingerprint density at radius 2 is 2.46 bits per heavy atom. The molecule has 0 aromatic rings. The van der Waals surface area contributed by atoms with Gasteiger partial charge in [-0.1, -0.05) is 18.2 Å². The highest BCUT2D eigenvalue weighted by atomic mass is 35.5. The maximum atomic E-state index is 10.9. The van der Waals surface area contributed by atoms with Gasteiger partial charge in [0.15, 0.2) is 0 Å². The van der Waals surface area contributed by atoms with E-state index in [2.05, 4.69) is 0 Å². The van der Waals surface area contributed by atoms with Crippen molar-refractivity contribution in [3.63, 3.8) is 0 Å². The average Bonchev–Trinajstić information content (AvgIpc) is 2.09. The van der Waals surface area contributed by atoms with E-state index in [4.69, 9.17) is 22.4 Å². The summed E-state index contributed by atoms with van der Waals surface area (Å²) in [6.45, 7) is 1.93. The molecule has 0 amide bonds. The lowest BCUT2D eigenvalue weighted by Gasteiger charge is -2.28. The summed E-state index contributed by atoms with van der Waals surface area (Å²) in [5, 5.41) is 8.46. The van der Waals surface area contributed by atoms with E-state index in [9.17, 15) is 4.79 Å². The van der Waals surface area contributed by atoms with E-state index in [0.717, 1.165) is 5.57 Å². The molecule has 0 bridgehead atoms. The molecule has 3 N–H and O–H groups in total. The minimum atomic E-state index is -1.04. The lowest BCUT2D eigenvalue weighted by atomic mass is 9.81. The Labute approximate surface area is 81.9 Å². The van der Waals surface area contributed by atoms with Crippen LogP contribution in [0.1, 0.15) is 6.92 Å². The molecule has 1 rings (SSSR count). The fraction of sp³-hybridized carbons (Fsp3) is 0.444. The van der Waals surface area contributed by atoms with Gasteiger partial charge in [0.05, 0.1) is 5.38 Å². The Hall–Kier alpha value is -0.800. The summed E-state index contributed by atoms with van der Waals surface area (Å²) >= 11 is 5.89. The number of alkyl halides is 1. The summed E-state index contributed by atoms with van der Waals surface area (Å²) < 4.78 is 0. The Balaban J connectivity index is 3.03. The average molecular weight is 202 g/mol.